The van der Waals surface area contributed by atoms with Crippen LogP contribution in [0.5, 0.6) is 0 Å². The third kappa shape index (κ3) is 3.59. The minimum Gasteiger partial charge on any atom is -0.377 e. The summed E-state index contributed by atoms with van der Waals surface area (Å²) in [5.74, 6) is 0.212. The van der Waals surface area contributed by atoms with Crippen molar-refractivity contribution >= 4 is 10.0 Å². The normalized spacial score (nSPS) is 24.7. The van der Waals surface area contributed by atoms with Gasteiger partial charge in [0.05, 0.1) is 6.10 Å². The first-order valence-corrected chi connectivity index (χ1v) is 8.74. The molecule has 3 atom stereocenters. The molecule has 5 heteroatoms. The largest absolute Gasteiger partial charge is 0.377 e. The second kappa shape index (κ2) is 6.70. The summed E-state index contributed by atoms with van der Waals surface area (Å²) < 4.78 is 32.7. The molecule has 1 fully saturated rings. The summed E-state index contributed by atoms with van der Waals surface area (Å²) in [5.41, 5.74) is 1.17. The van der Waals surface area contributed by atoms with Crippen LogP contribution in [0.1, 0.15) is 38.2 Å². The third-order valence-corrected chi connectivity index (χ3v) is 5.99. The van der Waals surface area contributed by atoms with Crippen LogP contribution in [0, 0.1) is 0 Å². The molecule has 0 spiro atoms. The number of benzene rings is 1. The van der Waals surface area contributed by atoms with Gasteiger partial charge in [-0.1, -0.05) is 37.3 Å². The third-order valence-electron chi connectivity index (χ3n) is 4.00. The lowest BCUT2D eigenvalue weighted by molar-refractivity contribution is 0.126. The Bertz CT molecular complexity index is 515. The summed E-state index contributed by atoms with van der Waals surface area (Å²) in [6, 6.07) is 10.0. The molecular weight excluding hydrogens is 274 g/mol. The van der Waals surface area contributed by atoms with Crippen molar-refractivity contribution in [2.24, 2.45) is 0 Å². The van der Waals surface area contributed by atoms with E-state index in [4.69, 9.17) is 4.74 Å². The minimum absolute atomic E-state index is 0.212. The minimum atomic E-state index is -3.30. The van der Waals surface area contributed by atoms with Crippen LogP contribution >= 0.6 is 0 Å². The molecule has 0 unspecified atom stereocenters. The molecule has 1 heterocycles. The quantitative estimate of drug-likeness (QED) is 0.876. The van der Waals surface area contributed by atoms with Crippen molar-refractivity contribution in [1.82, 2.24) is 4.72 Å². The first-order valence-electron chi connectivity index (χ1n) is 7.19. The van der Waals surface area contributed by atoms with Crippen molar-refractivity contribution in [2.45, 2.75) is 44.0 Å². The summed E-state index contributed by atoms with van der Waals surface area (Å²) in [6.45, 7) is 4.88. The van der Waals surface area contributed by atoms with Crippen LogP contribution in [0.3, 0.4) is 0 Å². The zero-order valence-electron chi connectivity index (χ0n) is 12.1. The van der Waals surface area contributed by atoms with Crippen molar-refractivity contribution in [1.29, 1.82) is 0 Å². The van der Waals surface area contributed by atoms with Crippen LogP contribution in [0.25, 0.3) is 0 Å². The van der Waals surface area contributed by atoms with Gasteiger partial charge >= 0.3 is 0 Å². The van der Waals surface area contributed by atoms with Crippen LogP contribution in [0.2, 0.25) is 0 Å². The van der Waals surface area contributed by atoms with Crippen molar-refractivity contribution in [3.8, 4) is 0 Å². The van der Waals surface area contributed by atoms with Gasteiger partial charge in [0.25, 0.3) is 0 Å². The van der Waals surface area contributed by atoms with Crippen molar-refractivity contribution in [3.05, 3.63) is 35.9 Å². The van der Waals surface area contributed by atoms with Gasteiger partial charge in [-0.15, -0.1) is 0 Å². The summed E-state index contributed by atoms with van der Waals surface area (Å²) in [5, 5.41) is -0.421. The highest BCUT2D eigenvalue weighted by Crippen LogP contribution is 2.22. The predicted octanol–water partition coefficient (Wildman–Crippen LogP) is 2.28. The molecule has 1 aliphatic rings. The topological polar surface area (TPSA) is 55.4 Å². The molecule has 0 saturated carbocycles. The standard InChI is InChI=1S/C15H23NO3S/c1-3-13(14-7-5-4-6-8-14)11-16-20(17,18)15-9-10-19-12(15)2/h4-8,12-13,15-16H,3,9-11H2,1-2H3/t12-,13+,15-/m0/s1. The van der Waals surface area contributed by atoms with Gasteiger partial charge in [0.1, 0.15) is 5.25 Å². The Morgan fingerprint density at radius 2 is 2.05 bits per heavy atom. The van der Waals surface area contributed by atoms with E-state index >= 15 is 0 Å². The van der Waals surface area contributed by atoms with Gasteiger partial charge in [-0.3, -0.25) is 0 Å². The van der Waals surface area contributed by atoms with E-state index in [1.807, 2.05) is 37.3 Å². The Morgan fingerprint density at radius 3 is 2.60 bits per heavy atom. The smallest absolute Gasteiger partial charge is 0.217 e. The Labute approximate surface area is 121 Å². The zero-order chi connectivity index (χ0) is 14.6. The number of sulfonamides is 1. The molecule has 2 rings (SSSR count). The van der Waals surface area contributed by atoms with E-state index in [9.17, 15) is 8.42 Å². The molecular formula is C15H23NO3S. The van der Waals surface area contributed by atoms with E-state index in [1.54, 1.807) is 0 Å². The molecule has 112 valence electrons. The van der Waals surface area contributed by atoms with Crippen LogP contribution in [0.15, 0.2) is 30.3 Å². The molecule has 1 saturated heterocycles. The summed E-state index contributed by atoms with van der Waals surface area (Å²) in [6.07, 6.45) is 1.27. The highest BCUT2D eigenvalue weighted by molar-refractivity contribution is 7.90. The molecule has 20 heavy (non-hydrogen) atoms. The summed E-state index contributed by atoms with van der Waals surface area (Å²) >= 11 is 0. The number of nitrogens with one attached hydrogen (secondary N) is 1. The fraction of sp³-hybridized carbons (Fsp3) is 0.600. The van der Waals surface area contributed by atoms with Crippen LogP contribution in [-0.4, -0.2) is 32.9 Å². The molecule has 1 aromatic carbocycles. The Kier molecular flexibility index (Phi) is 5.18. The van der Waals surface area contributed by atoms with E-state index in [-0.39, 0.29) is 12.0 Å². The maximum atomic E-state index is 12.3. The van der Waals surface area contributed by atoms with Crippen molar-refractivity contribution in [2.75, 3.05) is 13.2 Å². The summed E-state index contributed by atoms with van der Waals surface area (Å²) in [4.78, 5) is 0. The van der Waals surface area contributed by atoms with Gasteiger partial charge < -0.3 is 4.74 Å². The highest BCUT2D eigenvalue weighted by Gasteiger charge is 2.35. The molecule has 0 radical (unpaired) electrons. The average Bonchev–Trinajstić information content (AvgIpc) is 2.88. The maximum absolute atomic E-state index is 12.3. The highest BCUT2D eigenvalue weighted by atomic mass is 32.2. The molecule has 1 aliphatic heterocycles. The number of hydrogen-bond donors (Lipinski definition) is 1. The van der Waals surface area contributed by atoms with E-state index in [1.165, 1.54) is 5.56 Å². The molecule has 1 aromatic rings. The predicted molar refractivity (Wildman–Crippen MR) is 80.2 cm³/mol. The molecule has 0 aliphatic carbocycles. The van der Waals surface area contributed by atoms with Gasteiger partial charge in [-0.2, -0.15) is 0 Å². The second-order valence-corrected chi connectivity index (χ2v) is 7.30. The van der Waals surface area contributed by atoms with Crippen LogP contribution < -0.4 is 4.72 Å². The molecule has 4 nitrogen and oxygen atoms in total. The van der Waals surface area contributed by atoms with Gasteiger partial charge in [-0.05, 0) is 31.2 Å². The van der Waals surface area contributed by atoms with Gasteiger partial charge in [0, 0.05) is 13.2 Å². The SMILES string of the molecule is CC[C@H](CNS(=O)(=O)[C@H]1CCO[C@H]1C)c1ccccc1. The first kappa shape index (κ1) is 15.5. The maximum Gasteiger partial charge on any atom is 0.217 e. The van der Waals surface area contributed by atoms with Gasteiger partial charge in [0.2, 0.25) is 10.0 Å². The summed E-state index contributed by atoms with van der Waals surface area (Å²) in [7, 11) is -3.30. The lowest BCUT2D eigenvalue weighted by Gasteiger charge is -2.20. The van der Waals surface area contributed by atoms with Crippen LogP contribution in [0.4, 0.5) is 0 Å². The number of ether oxygens (including phenoxy) is 1. The fourth-order valence-corrected chi connectivity index (χ4v) is 4.30. The van der Waals surface area contributed by atoms with Crippen molar-refractivity contribution in [3.63, 3.8) is 0 Å². The number of hydrogen-bond acceptors (Lipinski definition) is 3. The van der Waals surface area contributed by atoms with Crippen molar-refractivity contribution < 1.29 is 13.2 Å². The lowest BCUT2D eigenvalue weighted by atomic mass is 9.97. The van der Waals surface area contributed by atoms with Crippen LogP contribution in [-0.2, 0) is 14.8 Å². The second-order valence-electron chi connectivity index (χ2n) is 5.31. The van der Waals surface area contributed by atoms with E-state index in [0.717, 1.165) is 6.42 Å². The monoisotopic (exact) mass is 297 g/mol. The Hall–Kier alpha value is -0.910. The van der Waals surface area contributed by atoms with E-state index < -0.39 is 15.3 Å². The fourth-order valence-electron chi connectivity index (χ4n) is 2.67. The number of rotatable bonds is 6. The van der Waals surface area contributed by atoms with E-state index in [2.05, 4.69) is 11.6 Å². The van der Waals surface area contributed by atoms with E-state index in [0.29, 0.717) is 19.6 Å². The molecule has 1 N–H and O–H groups in total. The Morgan fingerprint density at radius 1 is 1.35 bits per heavy atom. The Balaban J connectivity index is 1.99. The first-order chi connectivity index (χ1) is 9.54. The molecule has 0 amide bonds. The molecule has 0 aromatic heterocycles. The lowest BCUT2D eigenvalue weighted by Crippen LogP contribution is -2.39. The van der Waals surface area contributed by atoms with Gasteiger partial charge in [-0.25, -0.2) is 13.1 Å². The van der Waals surface area contributed by atoms with Gasteiger partial charge in [0.15, 0.2) is 0 Å². The zero-order valence-corrected chi connectivity index (χ0v) is 12.9. The molecule has 0 bridgehead atoms. The average molecular weight is 297 g/mol.